The smallest absolute Gasteiger partial charge is 0.275 e. The van der Waals surface area contributed by atoms with Crippen molar-refractivity contribution in [1.29, 1.82) is 0 Å². The monoisotopic (exact) mass is 286 g/mol. The van der Waals surface area contributed by atoms with Crippen LogP contribution in [-0.2, 0) is 0 Å². The molecule has 0 aromatic carbocycles. The molecule has 110 valence electrons. The summed E-state index contributed by atoms with van der Waals surface area (Å²) in [7, 11) is 0. The second-order valence-electron chi connectivity index (χ2n) is 5.19. The van der Waals surface area contributed by atoms with Gasteiger partial charge < -0.3 is 10.6 Å². The summed E-state index contributed by atoms with van der Waals surface area (Å²) < 4.78 is 1.93. The Kier molecular flexibility index (Phi) is 3.92. The van der Waals surface area contributed by atoms with Gasteiger partial charge in [-0.2, -0.15) is 5.10 Å². The molecule has 1 aliphatic heterocycles. The van der Waals surface area contributed by atoms with Crippen molar-refractivity contribution in [3.05, 3.63) is 36.2 Å². The maximum absolute atomic E-state index is 12.1. The second-order valence-corrected chi connectivity index (χ2v) is 5.19. The number of nitrogens with one attached hydrogen (secondary N) is 2. The highest BCUT2D eigenvalue weighted by Crippen LogP contribution is 2.19. The number of hydrogen-bond donors (Lipinski definition) is 2. The van der Waals surface area contributed by atoms with Crippen molar-refractivity contribution >= 4 is 11.6 Å². The lowest BCUT2D eigenvalue weighted by molar-refractivity contribution is 0.102. The lowest BCUT2D eigenvalue weighted by Crippen LogP contribution is -2.29. The normalized spacial score (nSPS) is 15.9. The van der Waals surface area contributed by atoms with Crippen LogP contribution in [0.1, 0.15) is 35.1 Å². The summed E-state index contributed by atoms with van der Waals surface area (Å²) >= 11 is 0. The third kappa shape index (κ3) is 3.25. The van der Waals surface area contributed by atoms with E-state index in [1.807, 2.05) is 17.8 Å². The predicted molar refractivity (Wildman–Crippen MR) is 78.1 cm³/mol. The van der Waals surface area contributed by atoms with Gasteiger partial charge in [0.15, 0.2) is 0 Å². The van der Waals surface area contributed by atoms with Crippen molar-refractivity contribution in [2.24, 2.45) is 0 Å². The Morgan fingerprint density at radius 1 is 1.29 bits per heavy atom. The number of anilines is 1. The number of carbonyl (C=O) groups is 1. The maximum atomic E-state index is 12.1. The number of nitrogens with zero attached hydrogens (tertiary/aromatic N) is 4. The van der Waals surface area contributed by atoms with Crippen LogP contribution in [0.3, 0.4) is 0 Å². The first kappa shape index (κ1) is 13.7. The van der Waals surface area contributed by atoms with Crippen LogP contribution >= 0.6 is 0 Å². The van der Waals surface area contributed by atoms with E-state index in [0.717, 1.165) is 31.6 Å². The number of aryl methyl sites for hydroxylation is 1. The molecule has 21 heavy (non-hydrogen) atoms. The fourth-order valence-corrected chi connectivity index (χ4v) is 2.38. The van der Waals surface area contributed by atoms with Crippen molar-refractivity contribution in [3.8, 4) is 0 Å². The van der Waals surface area contributed by atoms with Crippen molar-refractivity contribution in [1.82, 2.24) is 25.1 Å². The average Bonchev–Trinajstić information content (AvgIpc) is 2.97. The number of amides is 1. The Morgan fingerprint density at radius 2 is 2.10 bits per heavy atom. The summed E-state index contributed by atoms with van der Waals surface area (Å²) in [5.41, 5.74) is 1.77. The molecule has 0 bridgehead atoms. The molecule has 0 aliphatic carbocycles. The molecule has 3 heterocycles. The zero-order chi connectivity index (χ0) is 14.7. The Morgan fingerprint density at radius 3 is 2.81 bits per heavy atom. The lowest BCUT2D eigenvalue weighted by Gasteiger charge is -2.22. The molecule has 1 amide bonds. The summed E-state index contributed by atoms with van der Waals surface area (Å²) in [5.74, 6) is -0.271. The van der Waals surface area contributed by atoms with Gasteiger partial charge in [0.2, 0.25) is 0 Å². The molecule has 1 fully saturated rings. The molecular formula is C14H18N6O. The van der Waals surface area contributed by atoms with Crippen molar-refractivity contribution < 1.29 is 4.79 Å². The summed E-state index contributed by atoms with van der Waals surface area (Å²) in [5, 5.41) is 10.5. The molecule has 1 aliphatic rings. The van der Waals surface area contributed by atoms with E-state index in [9.17, 15) is 4.79 Å². The van der Waals surface area contributed by atoms with Crippen LogP contribution in [0.4, 0.5) is 5.69 Å². The molecule has 7 nitrogen and oxygen atoms in total. The van der Waals surface area contributed by atoms with Crippen molar-refractivity contribution in [2.75, 3.05) is 18.4 Å². The minimum Gasteiger partial charge on any atom is -0.318 e. The van der Waals surface area contributed by atoms with Gasteiger partial charge in [-0.25, -0.2) is 4.98 Å². The number of piperidine rings is 1. The van der Waals surface area contributed by atoms with Crippen LogP contribution in [0, 0.1) is 6.92 Å². The molecule has 2 aromatic heterocycles. The Labute approximate surface area is 122 Å². The molecule has 0 unspecified atom stereocenters. The van der Waals surface area contributed by atoms with Gasteiger partial charge in [-0.05, 0) is 32.9 Å². The van der Waals surface area contributed by atoms with E-state index in [0.29, 0.717) is 17.4 Å². The van der Waals surface area contributed by atoms with Gasteiger partial charge in [0, 0.05) is 12.4 Å². The quantitative estimate of drug-likeness (QED) is 0.884. The summed E-state index contributed by atoms with van der Waals surface area (Å²) in [6, 6.07) is 0.399. The molecule has 2 N–H and O–H groups in total. The maximum Gasteiger partial charge on any atom is 0.275 e. The van der Waals surface area contributed by atoms with Crippen molar-refractivity contribution in [3.63, 3.8) is 0 Å². The SMILES string of the molecule is Cc1cnc(C(=O)Nc2cnn(C3CCNCC3)c2)cn1. The summed E-state index contributed by atoms with van der Waals surface area (Å²) in [4.78, 5) is 20.2. The highest BCUT2D eigenvalue weighted by atomic mass is 16.1. The zero-order valence-electron chi connectivity index (χ0n) is 11.9. The summed E-state index contributed by atoms with van der Waals surface area (Å²) in [6.07, 6.45) is 8.70. The fourth-order valence-electron chi connectivity index (χ4n) is 2.38. The average molecular weight is 286 g/mol. The van der Waals surface area contributed by atoms with Crippen LogP contribution in [0.15, 0.2) is 24.8 Å². The Balaban J connectivity index is 1.66. The molecule has 0 radical (unpaired) electrons. The highest BCUT2D eigenvalue weighted by Gasteiger charge is 2.16. The van der Waals surface area contributed by atoms with Gasteiger partial charge in [0.25, 0.3) is 5.91 Å². The third-order valence-corrected chi connectivity index (χ3v) is 3.56. The fraction of sp³-hybridized carbons (Fsp3) is 0.429. The molecule has 1 saturated heterocycles. The zero-order valence-corrected chi connectivity index (χ0v) is 11.9. The van der Waals surface area contributed by atoms with E-state index in [1.165, 1.54) is 6.20 Å². The Bertz CT molecular complexity index is 615. The lowest BCUT2D eigenvalue weighted by atomic mass is 10.1. The van der Waals surface area contributed by atoms with E-state index < -0.39 is 0 Å². The van der Waals surface area contributed by atoms with E-state index in [4.69, 9.17) is 0 Å². The molecule has 2 aromatic rings. The minimum absolute atomic E-state index is 0.271. The number of aromatic nitrogens is 4. The van der Waals surface area contributed by atoms with Crippen LogP contribution in [0.25, 0.3) is 0 Å². The number of hydrogen-bond acceptors (Lipinski definition) is 5. The van der Waals surface area contributed by atoms with Crippen LogP contribution < -0.4 is 10.6 Å². The van der Waals surface area contributed by atoms with Crippen molar-refractivity contribution in [2.45, 2.75) is 25.8 Å². The molecule has 0 atom stereocenters. The first-order valence-corrected chi connectivity index (χ1v) is 7.07. The molecule has 0 saturated carbocycles. The van der Waals surface area contributed by atoms with Gasteiger partial charge >= 0.3 is 0 Å². The predicted octanol–water partition coefficient (Wildman–Crippen LogP) is 1.16. The standard InChI is InChI=1S/C14H18N6O/c1-10-6-17-13(8-16-10)14(21)19-11-7-18-20(9-11)12-2-4-15-5-3-12/h6-9,12,15H,2-5H2,1H3,(H,19,21). The first-order chi connectivity index (χ1) is 10.2. The topological polar surface area (TPSA) is 84.7 Å². The summed E-state index contributed by atoms with van der Waals surface area (Å²) in [6.45, 7) is 3.84. The van der Waals surface area contributed by atoms with Crippen LogP contribution in [0.2, 0.25) is 0 Å². The van der Waals surface area contributed by atoms with Crippen LogP contribution in [-0.4, -0.2) is 38.7 Å². The second kappa shape index (κ2) is 6.01. The molecule has 7 heteroatoms. The molecular weight excluding hydrogens is 268 g/mol. The van der Waals surface area contributed by atoms with E-state index >= 15 is 0 Å². The molecule has 0 spiro atoms. The minimum atomic E-state index is -0.271. The van der Waals surface area contributed by atoms with Gasteiger partial charge in [0.1, 0.15) is 5.69 Å². The third-order valence-electron chi connectivity index (χ3n) is 3.56. The number of rotatable bonds is 3. The van der Waals surface area contributed by atoms with E-state index in [1.54, 1.807) is 12.4 Å². The van der Waals surface area contributed by atoms with Gasteiger partial charge in [-0.3, -0.25) is 14.5 Å². The van der Waals surface area contributed by atoms with Gasteiger partial charge in [-0.15, -0.1) is 0 Å². The van der Waals surface area contributed by atoms with E-state index in [2.05, 4.69) is 25.7 Å². The number of carbonyl (C=O) groups excluding carboxylic acids is 1. The Hall–Kier alpha value is -2.28. The highest BCUT2D eigenvalue weighted by molar-refractivity contribution is 6.02. The van der Waals surface area contributed by atoms with Gasteiger partial charge in [-0.1, -0.05) is 0 Å². The van der Waals surface area contributed by atoms with Gasteiger partial charge in [0.05, 0.1) is 29.8 Å². The van der Waals surface area contributed by atoms with E-state index in [-0.39, 0.29) is 5.91 Å². The van der Waals surface area contributed by atoms with Crippen LogP contribution in [0.5, 0.6) is 0 Å². The molecule has 3 rings (SSSR count). The largest absolute Gasteiger partial charge is 0.318 e. The first-order valence-electron chi connectivity index (χ1n) is 7.07.